The van der Waals surface area contributed by atoms with Gasteiger partial charge in [0.1, 0.15) is 5.82 Å². The Bertz CT molecular complexity index is 693. The number of aryl methyl sites for hydroxylation is 1. The Morgan fingerprint density at radius 1 is 1.24 bits per heavy atom. The molecule has 0 aliphatic carbocycles. The van der Waals surface area contributed by atoms with E-state index in [1.54, 1.807) is 12.1 Å². The fraction of sp³-hybridized carbons (Fsp3) is 0.421. The molecule has 134 valence electrons. The number of ether oxygens (including phenoxy) is 1. The van der Waals surface area contributed by atoms with Gasteiger partial charge in [-0.1, -0.05) is 12.1 Å². The third-order valence-electron chi connectivity index (χ3n) is 4.58. The summed E-state index contributed by atoms with van der Waals surface area (Å²) in [5, 5.41) is 3.03. The highest BCUT2D eigenvalue weighted by molar-refractivity contribution is 5.78. The summed E-state index contributed by atoms with van der Waals surface area (Å²) in [7, 11) is 2.02. The van der Waals surface area contributed by atoms with Crippen LogP contribution in [0.2, 0.25) is 0 Å². The number of morpholine rings is 1. The van der Waals surface area contributed by atoms with E-state index in [1.165, 1.54) is 17.8 Å². The van der Waals surface area contributed by atoms with E-state index in [0.717, 1.165) is 18.7 Å². The third-order valence-corrected chi connectivity index (χ3v) is 4.58. The number of hydrogen-bond acceptors (Lipinski definition) is 3. The van der Waals surface area contributed by atoms with Gasteiger partial charge < -0.3 is 14.6 Å². The fourth-order valence-electron chi connectivity index (χ4n) is 3.19. The van der Waals surface area contributed by atoms with Crippen molar-refractivity contribution in [1.82, 2.24) is 14.8 Å². The summed E-state index contributed by atoms with van der Waals surface area (Å²) in [4.78, 5) is 14.6. The topological polar surface area (TPSA) is 46.5 Å². The Balaban J connectivity index is 1.62. The van der Waals surface area contributed by atoms with Gasteiger partial charge in [-0.15, -0.1) is 0 Å². The Morgan fingerprint density at radius 3 is 2.60 bits per heavy atom. The average Bonchev–Trinajstić information content (AvgIpc) is 3.04. The Labute approximate surface area is 147 Å². The zero-order valence-electron chi connectivity index (χ0n) is 14.5. The highest BCUT2D eigenvalue weighted by atomic mass is 19.1. The lowest BCUT2D eigenvalue weighted by Crippen LogP contribution is -2.44. The summed E-state index contributed by atoms with van der Waals surface area (Å²) in [6.45, 7) is 3.67. The van der Waals surface area contributed by atoms with Gasteiger partial charge >= 0.3 is 0 Å². The third kappa shape index (κ3) is 4.67. The van der Waals surface area contributed by atoms with Gasteiger partial charge in [-0.3, -0.25) is 9.69 Å². The maximum Gasteiger partial charge on any atom is 0.224 e. The van der Waals surface area contributed by atoms with Crippen LogP contribution in [0.15, 0.2) is 42.6 Å². The first-order valence-corrected chi connectivity index (χ1v) is 8.57. The average molecular weight is 345 g/mol. The molecular weight excluding hydrogens is 321 g/mol. The van der Waals surface area contributed by atoms with E-state index < -0.39 is 0 Å². The van der Waals surface area contributed by atoms with Crippen LogP contribution in [0.5, 0.6) is 0 Å². The first-order valence-electron chi connectivity index (χ1n) is 8.57. The van der Waals surface area contributed by atoms with Gasteiger partial charge in [-0.2, -0.15) is 0 Å². The molecule has 5 nitrogen and oxygen atoms in total. The quantitative estimate of drug-likeness (QED) is 0.870. The van der Waals surface area contributed by atoms with E-state index in [4.69, 9.17) is 4.74 Å². The SMILES string of the molecule is Cn1cccc1[C@H](CNC(=O)Cc1ccc(F)cc1)N1CCOCC1. The normalized spacial score (nSPS) is 16.6. The highest BCUT2D eigenvalue weighted by Crippen LogP contribution is 2.21. The van der Waals surface area contributed by atoms with Gasteiger partial charge in [-0.25, -0.2) is 4.39 Å². The zero-order chi connectivity index (χ0) is 17.6. The highest BCUT2D eigenvalue weighted by Gasteiger charge is 2.24. The van der Waals surface area contributed by atoms with Crippen LogP contribution in [-0.4, -0.2) is 48.2 Å². The molecule has 6 heteroatoms. The second kappa shape index (κ2) is 8.27. The molecule has 3 rings (SSSR count). The summed E-state index contributed by atoms with van der Waals surface area (Å²) >= 11 is 0. The first kappa shape index (κ1) is 17.6. The molecule has 0 bridgehead atoms. The van der Waals surface area contributed by atoms with E-state index >= 15 is 0 Å². The van der Waals surface area contributed by atoms with Crippen molar-refractivity contribution >= 4 is 5.91 Å². The van der Waals surface area contributed by atoms with Crippen LogP contribution < -0.4 is 5.32 Å². The Morgan fingerprint density at radius 2 is 1.96 bits per heavy atom. The number of halogens is 1. The predicted octanol–water partition coefficient (Wildman–Crippen LogP) is 1.90. The van der Waals surface area contributed by atoms with Crippen LogP contribution in [0, 0.1) is 5.82 Å². The summed E-state index contributed by atoms with van der Waals surface area (Å²) in [6, 6.07) is 10.3. The standard InChI is InChI=1S/C19H24FN3O2/c1-22-8-2-3-17(22)18(23-9-11-25-12-10-23)14-21-19(24)13-15-4-6-16(20)7-5-15/h2-8,18H,9-14H2,1H3,(H,21,24)/t18-/m0/s1. The minimum Gasteiger partial charge on any atom is -0.379 e. The lowest BCUT2D eigenvalue weighted by molar-refractivity contribution is -0.120. The van der Waals surface area contributed by atoms with Crippen LogP contribution in [0.1, 0.15) is 17.3 Å². The molecule has 25 heavy (non-hydrogen) atoms. The van der Waals surface area contributed by atoms with Gasteiger partial charge in [-0.05, 0) is 29.8 Å². The van der Waals surface area contributed by atoms with Crippen molar-refractivity contribution in [1.29, 1.82) is 0 Å². The van der Waals surface area contributed by atoms with Crippen LogP contribution in [-0.2, 0) is 23.0 Å². The van der Waals surface area contributed by atoms with E-state index in [-0.39, 0.29) is 24.2 Å². The molecule has 0 unspecified atom stereocenters. The number of rotatable bonds is 6. The van der Waals surface area contributed by atoms with Crippen molar-refractivity contribution in [3.8, 4) is 0 Å². The van der Waals surface area contributed by atoms with Crippen molar-refractivity contribution in [3.05, 3.63) is 59.7 Å². The lowest BCUT2D eigenvalue weighted by Gasteiger charge is -2.35. The number of aromatic nitrogens is 1. The number of nitrogens with zero attached hydrogens (tertiary/aromatic N) is 2. The van der Waals surface area contributed by atoms with Crippen LogP contribution >= 0.6 is 0 Å². The molecule has 0 spiro atoms. The van der Waals surface area contributed by atoms with Crippen molar-refractivity contribution in [2.45, 2.75) is 12.5 Å². The zero-order valence-corrected chi connectivity index (χ0v) is 14.5. The number of carbonyl (C=O) groups is 1. The molecule has 1 fully saturated rings. The number of amides is 1. The maximum absolute atomic E-state index is 13.0. The molecule has 1 N–H and O–H groups in total. The van der Waals surface area contributed by atoms with Gasteiger partial charge in [0.2, 0.25) is 5.91 Å². The molecule has 1 aromatic heterocycles. The van der Waals surface area contributed by atoms with Crippen LogP contribution in [0.3, 0.4) is 0 Å². The summed E-state index contributed by atoms with van der Waals surface area (Å²) in [5.74, 6) is -0.348. The predicted molar refractivity (Wildman–Crippen MR) is 93.7 cm³/mol. The molecule has 1 aliphatic rings. The molecule has 1 saturated heterocycles. The van der Waals surface area contributed by atoms with Crippen molar-refractivity contribution in [2.24, 2.45) is 7.05 Å². The lowest BCUT2D eigenvalue weighted by atomic mass is 10.1. The second-order valence-corrected chi connectivity index (χ2v) is 6.32. The number of hydrogen-bond donors (Lipinski definition) is 1. The maximum atomic E-state index is 13.0. The summed E-state index contributed by atoms with van der Waals surface area (Å²) in [5.41, 5.74) is 1.98. The smallest absolute Gasteiger partial charge is 0.224 e. The summed E-state index contributed by atoms with van der Waals surface area (Å²) in [6.07, 6.45) is 2.27. The fourth-order valence-corrected chi connectivity index (χ4v) is 3.19. The second-order valence-electron chi connectivity index (χ2n) is 6.32. The number of benzene rings is 1. The monoisotopic (exact) mass is 345 g/mol. The molecule has 2 heterocycles. The number of nitrogens with one attached hydrogen (secondary N) is 1. The van der Waals surface area contributed by atoms with Gasteiger partial charge in [0.15, 0.2) is 0 Å². The minimum absolute atomic E-state index is 0.0564. The molecule has 0 saturated carbocycles. The van der Waals surface area contributed by atoms with Crippen LogP contribution in [0.25, 0.3) is 0 Å². The minimum atomic E-state index is -0.291. The molecule has 2 aromatic rings. The Kier molecular flexibility index (Phi) is 5.83. The van der Waals surface area contributed by atoms with Crippen LogP contribution in [0.4, 0.5) is 4.39 Å². The Hall–Kier alpha value is -2.18. The molecule has 1 atom stereocenters. The van der Waals surface area contributed by atoms with E-state index in [9.17, 15) is 9.18 Å². The number of carbonyl (C=O) groups excluding carboxylic acids is 1. The van der Waals surface area contributed by atoms with Gasteiger partial charge in [0.25, 0.3) is 0 Å². The van der Waals surface area contributed by atoms with E-state index in [0.29, 0.717) is 19.8 Å². The largest absolute Gasteiger partial charge is 0.379 e. The molecule has 1 amide bonds. The van der Waals surface area contributed by atoms with Crippen molar-refractivity contribution in [3.63, 3.8) is 0 Å². The van der Waals surface area contributed by atoms with Gasteiger partial charge in [0.05, 0.1) is 25.7 Å². The first-order chi connectivity index (χ1) is 12.1. The molecule has 1 aliphatic heterocycles. The van der Waals surface area contributed by atoms with E-state index in [2.05, 4.69) is 20.9 Å². The van der Waals surface area contributed by atoms with Crippen molar-refractivity contribution in [2.75, 3.05) is 32.8 Å². The molecule has 1 aromatic carbocycles. The van der Waals surface area contributed by atoms with E-state index in [1.807, 2.05) is 19.3 Å². The van der Waals surface area contributed by atoms with Crippen molar-refractivity contribution < 1.29 is 13.9 Å². The molecule has 0 radical (unpaired) electrons. The summed E-state index contributed by atoms with van der Waals surface area (Å²) < 4.78 is 20.5. The van der Waals surface area contributed by atoms with Gasteiger partial charge in [0, 0.05) is 38.6 Å². The molecular formula is C19H24FN3O2.